The smallest absolute Gasteiger partial charge is 0.0969 e. The van der Waals surface area contributed by atoms with Gasteiger partial charge in [-0.25, -0.2) is 0 Å². The largest absolute Gasteiger partial charge is 0.348 e. The molecule has 0 spiro atoms. The van der Waals surface area contributed by atoms with Gasteiger partial charge in [0.05, 0.1) is 20.5 Å². The summed E-state index contributed by atoms with van der Waals surface area (Å²) in [4.78, 5) is 7.98. The molecule has 1 N–H and O–H groups in total. The van der Waals surface area contributed by atoms with Crippen molar-refractivity contribution in [1.82, 2.24) is 4.98 Å². The van der Waals surface area contributed by atoms with E-state index < -0.39 is 0 Å². The van der Waals surface area contributed by atoms with E-state index in [1.54, 1.807) is 0 Å². The maximum absolute atomic E-state index is 4.58. The van der Waals surface area contributed by atoms with E-state index in [4.69, 9.17) is 0 Å². The maximum Gasteiger partial charge on any atom is 0.0969 e. The summed E-state index contributed by atoms with van der Waals surface area (Å²) >= 11 is 10.6. The topological polar surface area (TPSA) is 28.1 Å². The van der Waals surface area contributed by atoms with Crippen molar-refractivity contribution in [3.8, 4) is 0 Å². The van der Waals surface area contributed by atoms with Crippen LogP contribution < -0.4 is 0 Å². The highest BCUT2D eigenvalue weighted by Gasteiger charge is 2.19. The van der Waals surface area contributed by atoms with Gasteiger partial charge in [-0.2, -0.15) is 0 Å². The summed E-state index contributed by atoms with van der Waals surface area (Å²) in [6.45, 7) is 6.43. The summed E-state index contributed by atoms with van der Waals surface area (Å²) in [6, 6.07) is 6.52. The van der Waals surface area contributed by atoms with Crippen molar-refractivity contribution in [2.45, 2.75) is 20.8 Å². The van der Waals surface area contributed by atoms with Crippen LogP contribution in [0.15, 0.2) is 48.5 Å². The van der Waals surface area contributed by atoms with Crippen molar-refractivity contribution in [1.29, 1.82) is 0 Å². The summed E-state index contributed by atoms with van der Waals surface area (Å²) < 4.78 is 2.91. The van der Waals surface area contributed by atoms with Gasteiger partial charge in [0, 0.05) is 16.3 Å². The Hall–Kier alpha value is -0.910. The lowest BCUT2D eigenvalue weighted by Crippen LogP contribution is -1.99. The van der Waals surface area contributed by atoms with Gasteiger partial charge in [0.2, 0.25) is 0 Å². The van der Waals surface area contributed by atoms with Crippen LogP contribution in [0.25, 0.3) is 5.57 Å². The highest BCUT2D eigenvalue weighted by atomic mass is 79.9. The predicted molar refractivity (Wildman–Crippen MR) is 108 cm³/mol. The lowest BCUT2D eigenvalue weighted by Gasteiger charge is -2.15. The number of nitrogens with zero attached hydrogens (tertiary/aromatic N) is 1. The first-order valence-electron chi connectivity index (χ1n) is 7.15. The number of rotatable bonds is 2. The summed E-state index contributed by atoms with van der Waals surface area (Å²) in [5.41, 5.74) is 8.09. The van der Waals surface area contributed by atoms with E-state index in [1.165, 1.54) is 22.3 Å². The molecule has 0 unspecified atom stereocenters. The van der Waals surface area contributed by atoms with Gasteiger partial charge in [0.15, 0.2) is 0 Å². The molecule has 0 aliphatic carbocycles. The van der Waals surface area contributed by atoms with E-state index >= 15 is 0 Å². The molecular formula is C18H15Br3N2. The van der Waals surface area contributed by atoms with Gasteiger partial charge in [-0.1, -0.05) is 17.7 Å². The number of aromatic amines is 1. The van der Waals surface area contributed by atoms with Gasteiger partial charge in [-0.3, -0.25) is 4.99 Å². The molecule has 1 aliphatic rings. The normalized spacial score (nSPS) is 16.0. The molecule has 0 radical (unpaired) electrons. The van der Waals surface area contributed by atoms with Crippen molar-refractivity contribution in [3.63, 3.8) is 0 Å². The van der Waals surface area contributed by atoms with Crippen LogP contribution in [0.4, 0.5) is 0 Å². The molecule has 1 aromatic heterocycles. The molecule has 2 heterocycles. The molecule has 0 atom stereocenters. The Kier molecular flexibility index (Phi) is 4.81. The van der Waals surface area contributed by atoms with E-state index in [0.29, 0.717) is 0 Å². The van der Waals surface area contributed by atoms with E-state index in [2.05, 4.69) is 103 Å². The van der Waals surface area contributed by atoms with Gasteiger partial charge < -0.3 is 4.98 Å². The first-order valence-corrected chi connectivity index (χ1v) is 9.53. The Morgan fingerprint density at radius 3 is 2.13 bits per heavy atom. The monoisotopic (exact) mass is 496 g/mol. The molecular weight excluding hydrogens is 484 g/mol. The maximum atomic E-state index is 4.58. The SMILES string of the molecule is Cc1cc(C)c(/C(=C2/C=C(Br)C=N2)c2cc(Br)c(Br)[nH]2)c(C)c1. The second-order valence-electron chi connectivity index (χ2n) is 5.67. The van der Waals surface area contributed by atoms with Gasteiger partial charge in [-0.05, 0) is 97.4 Å². The Bertz CT molecular complexity index is 843. The van der Waals surface area contributed by atoms with Gasteiger partial charge in [-0.15, -0.1) is 0 Å². The number of nitrogens with one attached hydrogen (secondary N) is 1. The van der Waals surface area contributed by atoms with E-state index in [1.807, 2.05) is 6.21 Å². The first-order chi connectivity index (χ1) is 10.9. The van der Waals surface area contributed by atoms with Crippen LogP contribution in [0.5, 0.6) is 0 Å². The minimum atomic E-state index is 0.929. The molecule has 1 aromatic carbocycles. The molecule has 2 aromatic rings. The minimum Gasteiger partial charge on any atom is -0.348 e. The van der Waals surface area contributed by atoms with Crippen molar-refractivity contribution in [3.05, 3.63) is 71.5 Å². The van der Waals surface area contributed by atoms with E-state index in [0.717, 1.165) is 30.5 Å². The van der Waals surface area contributed by atoms with Crippen LogP contribution in [0.2, 0.25) is 0 Å². The van der Waals surface area contributed by atoms with Crippen LogP contribution in [0, 0.1) is 20.8 Å². The van der Waals surface area contributed by atoms with E-state index in [9.17, 15) is 0 Å². The van der Waals surface area contributed by atoms with Crippen molar-refractivity contribution < 1.29 is 0 Å². The zero-order chi connectivity index (χ0) is 16.7. The number of hydrogen-bond acceptors (Lipinski definition) is 1. The number of hydrogen-bond donors (Lipinski definition) is 1. The quantitative estimate of drug-likeness (QED) is 0.484. The lowest BCUT2D eigenvalue weighted by molar-refractivity contribution is 1.24. The molecule has 0 saturated heterocycles. The number of allylic oxidation sites excluding steroid dienone is 2. The summed E-state index contributed by atoms with van der Waals surface area (Å²) in [6.07, 6.45) is 3.89. The van der Waals surface area contributed by atoms with Crippen molar-refractivity contribution >= 4 is 59.6 Å². The molecule has 5 heteroatoms. The highest BCUT2D eigenvalue weighted by Crippen LogP contribution is 2.37. The van der Waals surface area contributed by atoms with Crippen LogP contribution in [0.1, 0.15) is 27.9 Å². The Morgan fingerprint density at radius 2 is 1.65 bits per heavy atom. The third kappa shape index (κ3) is 3.32. The fourth-order valence-corrected chi connectivity index (χ4v) is 3.96. The summed E-state index contributed by atoms with van der Waals surface area (Å²) in [7, 11) is 0. The molecule has 0 fully saturated rings. The summed E-state index contributed by atoms with van der Waals surface area (Å²) in [5.74, 6) is 0. The molecule has 0 saturated carbocycles. The predicted octanol–water partition coefficient (Wildman–Crippen LogP) is 6.59. The number of aliphatic imine (C=N–C) groups is 1. The molecule has 118 valence electrons. The standard InChI is InChI=1S/C18H15Br3N2/c1-9-4-10(2)16(11(3)5-9)17(14-6-12(19)8-22-14)15-7-13(20)18(21)23-15/h4-8,23H,1-3H3/b17-14-. The third-order valence-electron chi connectivity index (χ3n) is 3.78. The molecule has 23 heavy (non-hydrogen) atoms. The Labute approximate surface area is 161 Å². The van der Waals surface area contributed by atoms with Crippen LogP contribution in [-0.2, 0) is 0 Å². The zero-order valence-corrected chi connectivity index (χ0v) is 17.7. The molecule has 0 amide bonds. The second kappa shape index (κ2) is 6.54. The number of benzene rings is 1. The third-order valence-corrected chi connectivity index (χ3v) is 6.00. The molecule has 1 aliphatic heterocycles. The lowest BCUT2D eigenvalue weighted by atomic mass is 9.91. The first kappa shape index (κ1) is 16.9. The second-order valence-corrected chi connectivity index (χ2v) is 8.23. The molecule has 0 bridgehead atoms. The highest BCUT2D eigenvalue weighted by molar-refractivity contribution is 9.13. The average molecular weight is 499 g/mol. The van der Waals surface area contributed by atoms with Crippen molar-refractivity contribution in [2.24, 2.45) is 4.99 Å². The summed E-state index contributed by atoms with van der Waals surface area (Å²) in [5, 5.41) is 0. The van der Waals surface area contributed by atoms with Gasteiger partial charge in [0.1, 0.15) is 0 Å². The zero-order valence-electron chi connectivity index (χ0n) is 13.0. The van der Waals surface area contributed by atoms with Gasteiger partial charge >= 0.3 is 0 Å². The molecule has 2 nitrogen and oxygen atoms in total. The number of H-pyrrole nitrogens is 1. The Balaban J connectivity index is 2.33. The van der Waals surface area contributed by atoms with E-state index in [-0.39, 0.29) is 0 Å². The number of aryl methyl sites for hydroxylation is 3. The minimum absolute atomic E-state index is 0.929. The van der Waals surface area contributed by atoms with Gasteiger partial charge in [0.25, 0.3) is 0 Å². The fourth-order valence-electron chi connectivity index (χ4n) is 2.99. The number of halogens is 3. The van der Waals surface area contributed by atoms with Crippen molar-refractivity contribution in [2.75, 3.05) is 0 Å². The van der Waals surface area contributed by atoms with Crippen LogP contribution >= 0.6 is 47.8 Å². The Morgan fingerprint density at radius 1 is 1.00 bits per heavy atom. The van der Waals surface area contributed by atoms with Crippen LogP contribution in [-0.4, -0.2) is 11.2 Å². The van der Waals surface area contributed by atoms with Crippen LogP contribution in [0.3, 0.4) is 0 Å². The molecule has 3 rings (SSSR count). The fraction of sp³-hybridized carbons (Fsp3) is 0.167. The average Bonchev–Trinajstić information content (AvgIpc) is 3.01. The number of aromatic nitrogens is 1.